The molecule has 1 unspecified atom stereocenters. The Bertz CT molecular complexity index is 747. The lowest BCUT2D eigenvalue weighted by Crippen LogP contribution is -2.43. The van der Waals surface area contributed by atoms with Gasteiger partial charge >= 0.3 is 0 Å². The van der Waals surface area contributed by atoms with Gasteiger partial charge in [-0.3, -0.25) is 0 Å². The summed E-state index contributed by atoms with van der Waals surface area (Å²) in [6.45, 7) is 4.06. The SMILES string of the molecule is COc1ccc(Cl)cc1C1(CNC(C)c2ccccc2F)CCOCC1. The van der Waals surface area contributed by atoms with Crippen molar-refractivity contribution in [1.82, 2.24) is 5.32 Å². The molecule has 1 aliphatic rings. The Morgan fingerprint density at radius 3 is 2.65 bits per heavy atom. The molecule has 0 aromatic heterocycles. The van der Waals surface area contributed by atoms with E-state index >= 15 is 0 Å². The molecular weight excluding hydrogens is 353 g/mol. The van der Waals surface area contributed by atoms with Crippen LogP contribution in [0.5, 0.6) is 5.75 Å². The number of halogens is 2. The van der Waals surface area contributed by atoms with Gasteiger partial charge in [-0.2, -0.15) is 0 Å². The summed E-state index contributed by atoms with van der Waals surface area (Å²) in [5.74, 6) is 0.644. The van der Waals surface area contributed by atoms with Crippen molar-refractivity contribution in [1.29, 1.82) is 0 Å². The molecule has 140 valence electrons. The number of benzene rings is 2. The summed E-state index contributed by atoms with van der Waals surface area (Å²) >= 11 is 6.28. The molecule has 5 heteroatoms. The molecule has 0 aliphatic carbocycles. The van der Waals surface area contributed by atoms with Crippen LogP contribution in [0.25, 0.3) is 0 Å². The lowest BCUT2D eigenvalue weighted by atomic mass is 9.73. The zero-order valence-electron chi connectivity index (χ0n) is 15.2. The molecule has 1 heterocycles. The number of hydrogen-bond acceptors (Lipinski definition) is 3. The van der Waals surface area contributed by atoms with Gasteiger partial charge in [-0.25, -0.2) is 4.39 Å². The third-order valence-corrected chi connectivity index (χ3v) is 5.54. The topological polar surface area (TPSA) is 30.5 Å². The highest BCUT2D eigenvalue weighted by Crippen LogP contribution is 2.41. The highest BCUT2D eigenvalue weighted by atomic mass is 35.5. The van der Waals surface area contributed by atoms with Gasteiger partial charge in [0.1, 0.15) is 11.6 Å². The first kappa shape index (κ1) is 19.2. The third-order valence-electron chi connectivity index (χ3n) is 5.30. The second-order valence-corrected chi connectivity index (χ2v) is 7.30. The largest absolute Gasteiger partial charge is 0.496 e. The summed E-state index contributed by atoms with van der Waals surface area (Å²) in [7, 11) is 1.68. The number of hydrogen-bond donors (Lipinski definition) is 1. The van der Waals surface area contributed by atoms with Crippen LogP contribution >= 0.6 is 11.6 Å². The van der Waals surface area contributed by atoms with Crippen molar-refractivity contribution >= 4 is 11.6 Å². The molecule has 0 spiro atoms. The second-order valence-electron chi connectivity index (χ2n) is 6.86. The molecular formula is C21H25ClFNO2. The molecule has 1 N–H and O–H groups in total. The summed E-state index contributed by atoms with van der Waals surface area (Å²) in [6.07, 6.45) is 1.72. The van der Waals surface area contributed by atoms with Crippen molar-refractivity contribution in [2.45, 2.75) is 31.2 Å². The minimum absolute atomic E-state index is 0.0962. The Morgan fingerprint density at radius 2 is 1.96 bits per heavy atom. The molecule has 0 radical (unpaired) electrons. The summed E-state index contributed by atoms with van der Waals surface area (Å²) < 4.78 is 25.3. The Hall–Kier alpha value is -1.62. The van der Waals surface area contributed by atoms with Crippen LogP contribution < -0.4 is 10.1 Å². The Balaban J connectivity index is 1.87. The van der Waals surface area contributed by atoms with E-state index in [1.54, 1.807) is 13.2 Å². The summed E-state index contributed by atoms with van der Waals surface area (Å²) in [5.41, 5.74) is 1.60. The molecule has 1 saturated heterocycles. The zero-order chi connectivity index (χ0) is 18.6. The van der Waals surface area contributed by atoms with E-state index in [1.807, 2.05) is 37.3 Å². The van der Waals surface area contributed by atoms with Crippen LogP contribution in [0.4, 0.5) is 4.39 Å². The standard InChI is InChI=1S/C21H25ClFNO2/c1-15(17-5-3-4-6-19(17)23)24-14-21(9-11-26-12-10-21)18-13-16(22)7-8-20(18)25-2/h3-8,13,15,24H,9-12,14H2,1-2H3. The average molecular weight is 378 g/mol. The van der Waals surface area contributed by atoms with Gasteiger partial charge in [0, 0.05) is 47.4 Å². The molecule has 1 fully saturated rings. The van der Waals surface area contributed by atoms with Crippen molar-refractivity contribution in [3.05, 3.63) is 64.4 Å². The van der Waals surface area contributed by atoms with Crippen molar-refractivity contribution in [2.75, 3.05) is 26.9 Å². The van der Waals surface area contributed by atoms with E-state index in [-0.39, 0.29) is 17.3 Å². The molecule has 3 nitrogen and oxygen atoms in total. The second kappa shape index (κ2) is 8.38. The fraction of sp³-hybridized carbons (Fsp3) is 0.429. The summed E-state index contributed by atoms with van der Waals surface area (Å²) in [6, 6.07) is 12.5. The van der Waals surface area contributed by atoms with E-state index in [1.165, 1.54) is 6.07 Å². The van der Waals surface area contributed by atoms with Gasteiger partial charge in [0.15, 0.2) is 0 Å². The Morgan fingerprint density at radius 1 is 1.23 bits per heavy atom. The molecule has 0 bridgehead atoms. The van der Waals surface area contributed by atoms with E-state index in [0.29, 0.717) is 30.3 Å². The first-order chi connectivity index (χ1) is 12.6. The van der Waals surface area contributed by atoms with Crippen LogP contribution in [-0.4, -0.2) is 26.9 Å². The van der Waals surface area contributed by atoms with E-state index < -0.39 is 0 Å². The van der Waals surface area contributed by atoms with E-state index in [0.717, 1.165) is 24.2 Å². The number of nitrogens with one attached hydrogen (secondary N) is 1. The fourth-order valence-corrected chi connectivity index (χ4v) is 3.85. The maximum atomic E-state index is 14.1. The fourth-order valence-electron chi connectivity index (χ4n) is 3.68. The van der Waals surface area contributed by atoms with Crippen LogP contribution in [0.1, 0.15) is 36.9 Å². The summed E-state index contributed by atoms with van der Waals surface area (Å²) in [5, 5.41) is 4.21. The number of rotatable bonds is 6. The minimum atomic E-state index is -0.186. The molecule has 2 aromatic rings. The van der Waals surface area contributed by atoms with Crippen molar-refractivity contribution < 1.29 is 13.9 Å². The van der Waals surface area contributed by atoms with Gasteiger partial charge in [-0.1, -0.05) is 29.8 Å². The van der Waals surface area contributed by atoms with Crippen LogP contribution in [0.2, 0.25) is 5.02 Å². The summed E-state index contributed by atoms with van der Waals surface area (Å²) in [4.78, 5) is 0. The molecule has 2 aromatic carbocycles. The van der Waals surface area contributed by atoms with Gasteiger partial charge in [-0.15, -0.1) is 0 Å². The van der Waals surface area contributed by atoms with E-state index in [4.69, 9.17) is 21.1 Å². The normalized spacial score (nSPS) is 17.7. The third kappa shape index (κ3) is 4.03. The minimum Gasteiger partial charge on any atom is -0.496 e. The van der Waals surface area contributed by atoms with Gasteiger partial charge in [0.2, 0.25) is 0 Å². The molecule has 0 saturated carbocycles. The van der Waals surface area contributed by atoms with Gasteiger partial charge in [0.25, 0.3) is 0 Å². The van der Waals surface area contributed by atoms with Crippen molar-refractivity contribution in [3.63, 3.8) is 0 Å². The van der Waals surface area contributed by atoms with Gasteiger partial charge in [0.05, 0.1) is 7.11 Å². The monoisotopic (exact) mass is 377 g/mol. The quantitative estimate of drug-likeness (QED) is 0.777. The van der Waals surface area contributed by atoms with E-state index in [9.17, 15) is 4.39 Å². The molecule has 3 rings (SSSR count). The van der Waals surface area contributed by atoms with Crippen LogP contribution in [0.15, 0.2) is 42.5 Å². The van der Waals surface area contributed by atoms with Crippen LogP contribution in [0, 0.1) is 5.82 Å². The average Bonchev–Trinajstić information content (AvgIpc) is 2.67. The predicted octanol–water partition coefficient (Wildman–Crippen LogP) is 4.89. The Kier molecular flexibility index (Phi) is 6.17. The van der Waals surface area contributed by atoms with Gasteiger partial charge in [-0.05, 0) is 44.0 Å². The molecule has 26 heavy (non-hydrogen) atoms. The maximum Gasteiger partial charge on any atom is 0.127 e. The smallest absolute Gasteiger partial charge is 0.127 e. The molecule has 0 amide bonds. The predicted molar refractivity (Wildman–Crippen MR) is 103 cm³/mol. The first-order valence-corrected chi connectivity index (χ1v) is 9.33. The zero-order valence-corrected chi connectivity index (χ0v) is 16.0. The highest BCUT2D eigenvalue weighted by molar-refractivity contribution is 6.30. The Labute approximate surface area is 159 Å². The lowest BCUT2D eigenvalue weighted by Gasteiger charge is -2.39. The number of methoxy groups -OCH3 is 1. The van der Waals surface area contributed by atoms with Gasteiger partial charge < -0.3 is 14.8 Å². The maximum absolute atomic E-state index is 14.1. The van der Waals surface area contributed by atoms with Crippen molar-refractivity contribution in [3.8, 4) is 5.75 Å². The highest BCUT2D eigenvalue weighted by Gasteiger charge is 2.37. The van der Waals surface area contributed by atoms with Crippen LogP contribution in [0.3, 0.4) is 0 Å². The van der Waals surface area contributed by atoms with Crippen LogP contribution in [-0.2, 0) is 10.2 Å². The van der Waals surface area contributed by atoms with E-state index in [2.05, 4.69) is 5.32 Å². The molecule has 1 aliphatic heterocycles. The van der Waals surface area contributed by atoms with Crippen molar-refractivity contribution in [2.24, 2.45) is 0 Å². The number of ether oxygens (including phenoxy) is 2. The first-order valence-electron chi connectivity index (χ1n) is 8.95. The molecule has 1 atom stereocenters. The lowest BCUT2D eigenvalue weighted by molar-refractivity contribution is 0.0481.